The molecule has 31 heavy (non-hydrogen) atoms. The lowest BCUT2D eigenvalue weighted by Crippen LogP contribution is -2.11. The van der Waals surface area contributed by atoms with Crippen LogP contribution < -0.4 is 0 Å². The average Bonchev–Trinajstić information content (AvgIpc) is 2.71. The van der Waals surface area contributed by atoms with Crippen LogP contribution in [0.3, 0.4) is 0 Å². The van der Waals surface area contributed by atoms with Crippen LogP contribution >= 0.6 is 0 Å². The van der Waals surface area contributed by atoms with Crippen molar-refractivity contribution < 1.29 is 38.9 Å². The van der Waals surface area contributed by atoms with Gasteiger partial charge in [0.15, 0.2) is 0 Å². The van der Waals surface area contributed by atoms with Gasteiger partial charge in [0.05, 0.1) is 24.3 Å². The van der Waals surface area contributed by atoms with Gasteiger partial charge in [-0.25, -0.2) is 9.59 Å². The lowest BCUT2D eigenvalue weighted by Gasteiger charge is -2.09. The van der Waals surface area contributed by atoms with Crippen LogP contribution in [0, 0.1) is 6.92 Å². The summed E-state index contributed by atoms with van der Waals surface area (Å²) in [6, 6.07) is 4.75. The van der Waals surface area contributed by atoms with Gasteiger partial charge in [0.25, 0.3) is 0 Å². The zero-order valence-corrected chi connectivity index (χ0v) is 18.1. The topological polar surface area (TPSA) is 127 Å². The van der Waals surface area contributed by atoms with Crippen molar-refractivity contribution in [1.29, 1.82) is 0 Å². The second kappa shape index (κ2) is 15.0. The van der Waals surface area contributed by atoms with Gasteiger partial charge >= 0.3 is 23.9 Å². The number of carboxylic acids is 2. The van der Waals surface area contributed by atoms with E-state index >= 15 is 0 Å². The molecule has 0 spiro atoms. The summed E-state index contributed by atoms with van der Waals surface area (Å²) in [5, 5.41) is 17.2. The van der Waals surface area contributed by atoms with Crippen LogP contribution in [0.25, 0.3) is 0 Å². The van der Waals surface area contributed by atoms with Gasteiger partial charge in [-0.05, 0) is 56.4 Å². The molecule has 0 radical (unpaired) electrons. The van der Waals surface area contributed by atoms with Crippen LogP contribution in [-0.2, 0) is 19.1 Å². The third-order valence-corrected chi connectivity index (χ3v) is 4.59. The Morgan fingerprint density at radius 1 is 0.645 bits per heavy atom. The summed E-state index contributed by atoms with van der Waals surface area (Å²) >= 11 is 0. The van der Waals surface area contributed by atoms with E-state index < -0.39 is 23.9 Å². The lowest BCUT2D eigenvalue weighted by molar-refractivity contribution is -0.138. The van der Waals surface area contributed by atoms with Gasteiger partial charge < -0.3 is 19.7 Å². The Morgan fingerprint density at radius 3 is 1.42 bits per heavy atom. The molecular weight excluding hydrogens is 404 g/mol. The molecule has 1 aromatic rings. The average molecular weight is 437 g/mol. The van der Waals surface area contributed by atoms with Crippen LogP contribution in [-0.4, -0.2) is 47.3 Å². The summed E-state index contributed by atoms with van der Waals surface area (Å²) in [5.74, 6) is -2.64. The van der Waals surface area contributed by atoms with Gasteiger partial charge in [-0.15, -0.1) is 0 Å². The number of carbonyl (C=O) groups excluding carboxylic acids is 2. The molecule has 0 heterocycles. The number of ether oxygens (including phenoxy) is 2. The minimum atomic E-state index is -0.809. The predicted molar refractivity (Wildman–Crippen MR) is 113 cm³/mol. The molecule has 2 N–H and O–H groups in total. The molecule has 0 aliphatic rings. The minimum Gasteiger partial charge on any atom is -0.481 e. The monoisotopic (exact) mass is 436 g/mol. The van der Waals surface area contributed by atoms with Crippen molar-refractivity contribution in [3.05, 3.63) is 34.9 Å². The van der Waals surface area contributed by atoms with E-state index in [0.29, 0.717) is 25.7 Å². The molecule has 0 aromatic heterocycles. The zero-order valence-electron chi connectivity index (χ0n) is 18.1. The van der Waals surface area contributed by atoms with E-state index in [0.717, 1.165) is 31.2 Å². The molecule has 0 unspecified atom stereocenters. The molecular formula is C23H32O8. The van der Waals surface area contributed by atoms with E-state index in [9.17, 15) is 19.2 Å². The molecule has 1 aromatic carbocycles. The van der Waals surface area contributed by atoms with Crippen LogP contribution in [0.1, 0.15) is 90.5 Å². The van der Waals surface area contributed by atoms with Crippen molar-refractivity contribution in [2.24, 2.45) is 0 Å². The van der Waals surface area contributed by atoms with Crippen molar-refractivity contribution in [2.75, 3.05) is 13.2 Å². The molecule has 0 amide bonds. The number of aryl methyl sites for hydroxylation is 1. The maximum Gasteiger partial charge on any atom is 0.338 e. The number of hydrogen-bond acceptors (Lipinski definition) is 6. The first kappa shape index (κ1) is 26.1. The number of aliphatic carboxylic acids is 2. The first-order valence-electron chi connectivity index (χ1n) is 10.7. The third kappa shape index (κ3) is 12.4. The zero-order chi connectivity index (χ0) is 23.1. The number of esters is 2. The van der Waals surface area contributed by atoms with Crippen LogP contribution in [0.4, 0.5) is 0 Å². The summed E-state index contributed by atoms with van der Waals surface area (Å²) in [6.07, 6.45) is 5.90. The fraction of sp³-hybridized carbons (Fsp3) is 0.565. The van der Waals surface area contributed by atoms with Crippen molar-refractivity contribution in [3.8, 4) is 0 Å². The van der Waals surface area contributed by atoms with E-state index in [-0.39, 0.29) is 37.2 Å². The Kier molecular flexibility index (Phi) is 12.6. The quantitative estimate of drug-likeness (QED) is 0.289. The van der Waals surface area contributed by atoms with Gasteiger partial charge in [-0.1, -0.05) is 25.7 Å². The number of benzene rings is 1. The molecule has 8 nitrogen and oxygen atoms in total. The standard InChI is InChI=1S/C23H32O8/c1-17-14-18(22(28)30-12-8-4-2-6-10-20(24)25)16-19(15-17)23(29)31-13-9-5-3-7-11-21(26)27/h14-16H,2-13H2,1H3,(H,24,25)(H,26,27). The molecule has 0 saturated heterocycles. The Bertz CT molecular complexity index is 683. The van der Waals surface area contributed by atoms with Crippen molar-refractivity contribution in [1.82, 2.24) is 0 Å². The Balaban J connectivity index is 2.36. The van der Waals surface area contributed by atoms with E-state index in [1.807, 2.05) is 0 Å². The van der Waals surface area contributed by atoms with Gasteiger partial charge in [0, 0.05) is 12.8 Å². The van der Waals surface area contributed by atoms with Crippen LogP contribution in [0.15, 0.2) is 18.2 Å². The van der Waals surface area contributed by atoms with Gasteiger partial charge in [-0.3, -0.25) is 9.59 Å². The molecule has 0 fully saturated rings. The summed E-state index contributed by atoms with van der Waals surface area (Å²) in [6.45, 7) is 2.25. The summed E-state index contributed by atoms with van der Waals surface area (Å²) < 4.78 is 10.5. The highest BCUT2D eigenvalue weighted by Gasteiger charge is 2.14. The molecule has 172 valence electrons. The van der Waals surface area contributed by atoms with Gasteiger partial charge in [0.2, 0.25) is 0 Å². The smallest absolute Gasteiger partial charge is 0.338 e. The number of rotatable bonds is 16. The summed E-state index contributed by atoms with van der Waals surface area (Å²) in [5.41, 5.74) is 1.31. The van der Waals surface area contributed by atoms with Gasteiger partial charge in [-0.2, -0.15) is 0 Å². The predicted octanol–water partition coefficient (Wildman–Crippen LogP) is 4.38. The van der Waals surface area contributed by atoms with E-state index in [1.54, 1.807) is 19.1 Å². The third-order valence-electron chi connectivity index (χ3n) is 4.59. The largest absolute Gasteiger partial charge is 0.481 e. The Morgan fingerprint density at radius 2 is 1.03 bits per heavy atom. The number of carboxylic acid groups (broad SMARTS) is 2. The van der Waals surface area contributed by atoms with Crippen LogP contribution in [0.5, 0.6) is 0 Å². The molecule has 0 bridgehead atoms. The van der Waals surface area contributed by atoms with Crippen molar-refractivity contribution in [3.63, 3.8) is 0 Å². The normalized spacial score (nSPS) is 10.5. The van der Waals surface area contributed by atoms with Crippen molar-refractivity contribution >= 4 is 23.9 Å². The number of carbonyl (C=O) groups is 4. The second-order valence-electron chi connectivity index (χ2n) is 7.48. The number of hydrogen-bond donors (Lipinski definition) is 2. The molecule has 0 aliphatic heterocycles. The highest BCUT2D eigenvalue weighted by Crippen LogP contribution is 2.14. The lowest BCUT2D eigenvalue weighted by atomic mass is 10.1. The highest BCUT2D eigenvalue weighted by atomic mass is 16.5. The fourth-order valence-electron chi connectivity index (χ4n) is 2.98. The second-order valence-corrected chi connectivity index (χ2v) is 7.48. The maximum absolute atomic E-state index is 12.3. The van der Waals surface area contributed by atoms with E-state index in [2.05, 4.69) is 0 Å². The van der Waals surface area contributed by atoms with E-state index in [1.165, 1.54) is 6.07 Å². The summed E-state index contributed by atoms with van der Waals surface area (Å²) in [4.78, 5) is 45.4. The maximum atomic E-state index is 12.3. The van der Waals surface area contributed by atoms with Crippen molar-refractivity contribution in [2.45, 2.75) is 71.1 Å². The minimum absolute atomic E-state index is 0.146. The molecule has 0 aliphatic carbocycles. The molecule has 0 saturated carbocycles. The SMILES string of the molecule is Cc1cc(C(=O)OCCCCCCC(=O)O)cc(C(=O)OCCCCCCC(=O)O)c1. The first-order chi connectivity index (χ1) is 14.8. The first-order valence-corrected chi connectivity index (χ1v) is 10.7. The molecule has 1 rings (SSSR count). The van der Waals surface area contributed by atoms with E-state index in [4.69, 9.17) is 19.7 Å². The van der Waals surface area contributed by atoms with Gasteiger partial charge in [0.1, 0.15) is 0 Å². The number of unbranched alkanes of at least 4 members (excludes halogenated alkanes) is 6. The molecule has 8 heteroatoms. The Labute approximate surface area is 182 Å². The van der Waals surface area contributed by atoms with Crippen LogP contribution in [0.2, 0.25) is 0 Å². The highest BCUT2D eigenvalue weighted by molar-refractivity contribution is 5.95. The fourth-order valence-corrected chi connectivity index (χ4v) is 2.98. The molecule has 0 atom stereocenters. The Hall–Kier alpha value is -2.90. The summed E-state index contributed by atoms with van der Waals surface area (Å²) in [7, 11) is 0.